The Morgan fingerprint density at radius 2 is 2.08 bits per heavy atom. The average Bonchev–Trinajstić information content (AvgIpc) is 2.54. The number of thioether (sulfide) groups is 1. The highest BCUT2D eigenvalue weighted by Crippen LogP contribution is 2.13. The third-order valence-electron chi connectivity index (χ3n) is 3.55. The molecule has 2 aromatic rings. The largest absolute Gasteiger partial charge is 0.326 e. The van der Waals surface area contributed by atoms with Crippen LogP contribution >= 0.6 is 11.8 Å². The second-order valence-electron chi connectivity index (χ2n) is 5.32. The highest BCUT2D eigenvalue weighted by molar-refractivity contribution is 7.98. The lowest BCUT2D eigenvalue weighted by atomic mass is 10.1. The molecule has 0 saturated carbocycles. The SMILES string of the molecule is CSc1nc(C)c(CCC(=O)Nc2cccc(C(C)=O)c2)c(=O)[nH]1. The fourth-order valence-corrected chi connectivity index (χ4v) is 2.68. The van der Waals surface area contributed by atoms with Gasteiger partial charge in [-0.05, 0) is 38.7 Å². The van der Waals surface area contributed by atoms with Gasteiger partial charge < -0.3 is 10.3 Å². The smallest absolute Gasteiger partial charge is 0.254 e. The molecule has 1 aromatic heterocycles. The molecule has 24 heavy (non-hydrogen) atoms. The van der Waals surface area contributed by atoms with E-state index in [1.807, 2.05) is 6.26 Å². The summed E-state index contributed by atoms with van der Waals surface area (Å²) in [4.78, 5) is 42.4. The van der Waals surface area contributed by atoms with Gasteiger partial charge in [-0.25, -0.2) is 4.98 Å². The van der Waals surface area contributed by atoms with Crippen LogP contribution in [0.2, 0.25) is 0 Å². The van der Waals surface area contributed by atoms with Gasteiger partial charge in [-0.2, -0.15) is 0 Å². The van der Waals surface area contributed by atoms with Crippen LogP contribution in [0.25, 0.3) is 0 Å². The molecule has 0 aliphatic heterocycles. The highest BCUT2D eigenvalue weighted by Gasteiger charge is 2.11. The Kier molecular flexibility index (Phi) is 5.92. The molecule has 0 spiro atoms. The van der Waals surface area contributed by atoms with Gasteiger partial charge in [0.2, 0.25) is 5.91 Å². The number of H-pyrrole nitrogens is 1. The zero-order valence-electron chi connectivity index (χ0n) is 13.8. The summed E-state index contributed by atoms with van der Waals surface area (Å²) in [5, 5.41) is 3.30. The number of Topliss-reactive ketones (excluding diaryl/α,β-unsaturated/α-hetero) is 1. The standard InChI is InChI=1S/C17H19N3O3S/c1-10-14(16(23)20-17(18-10)24-3)7-8-15(22)19-13-6-4-5-12(9-13)11(2)21/h4-6,9H,7-8H2,1-3H3,(H,19,22)(H,18,20,23). The molecule has 2 N–H and O–H groups in total. The van der Waals surface area contributed by atoms with E-state index in [1.54, 1.807) is 31.2 Å². The fourth-order valence-electron chi connectivity index (χ4n) is 2.25. The molecule has 1 heterocycles. The monoisotopic (exact) mass is 345 g/mol. The van der Waals surface area contributed by atoms with Crippen LogP contribution in [0.4, 0.5) is 5.69 Å². The fraction of sp³-hybridized carbons (Fsp3) is 0.294. The zero-order chi connectivity index (χ0) is 17.7. The van der Waals surface area contributed by atoms with E-state index < -0.39 is 0 Å². The van der Waals surface area contributed by atoms with E-state index in [1.165, 1.54) is 18.7 Å². The van der Waals surface area contributed by atoms with Crippen molar-refractivity contribution in [3.05, 3.63) is 51.4 Å². The van der Waals surface area contributed by atoms with Crippen LogP contribution in [-0.2, 0) is 11.2 Å². The van der Waals surface area contributed by atoms with Crippen molar-refractivity contribution in [2.75, 3.05) is 11.6 Å². The Balaban J connectivity index is 2.03. The Labute approximate surface area is 144 Å². The molecule has 0 aliphatic rings. The molecule has 0 fully saturated rings. The van der Waals surface area contributed by atoms with E-state index in [-0.39, 0.29) is 23.7 Å². The van der Waals surface area contributed by atoms with Crippen LogP contribution < -0.4 is 10.9 Å². The lowest BCUT2D eigenvalue weighted by Crippen LogP contribution is -2.20. The molecule has 1 amide bonds. The minimum absolute atomic E-state index is 0.0618. The first-order valence-electron chi connectivity index (χ1n) is 7.45. The highest BCUT2D eigenvalue weighted by atomic mass is 32.2. The topological polar surface area (TPSA) is 91.9 Å². The second kappa shape index (κ2) is 7.92. The summed E-state index contributed by atoms with van der Waals surface area (Å²) in [5.74, 6) is -0.281. The third-order valence-corrected chi connectivity index (χ3v) is 4.13. The zero-order valence-corrected chi connectivity index (χ0v) is 14.6. The van der Waals surface area contributed by atoms with Crippen LogP contribution in [-0.4, -0.2) is 27.9 Å². The van der Waals surface area contributed by atoms with E-state index >= 15 is 0 Å². The van der Waals surface area contributed by atoms with Crippen LogP contribution in [0.5, 0.6) is 0 Å². The number of anilines is 1. The number of rotatable bonds is 6. The first kappa shape index (κ1) is 17.9. The number of carbonyl (C=O) groups excluding carboxylic acids is 2. The molecule has 2 rings (SSSR count). The van der Waals surface area contributed by atoms with Gasteiger partial charge in [0.1, 0.15) is 0 Å². The van der Waals surface area contributed by atoms with Crippen molar-refractivity contribution >= 4 is 29.1 Å². The summed E-state index contributed by atoms with van der Waals surface area (Å²) in [6, 6.07) is 6.76. The Hall–Kier alpha value is -2.41. The quantitative estimate of drug-likeness (QED) is 0.477. The van der Waals surface area contributed by atoms with Crippen LogP contribution in [0, 0.1) is 6.92 Å². The molecule has 7 heteroatoms. The maximum absolute atomic E-state index is 12.1. The molecule has 0 saturated heterocycles. The van der Waals surface area contributed by atoms with Crippen LogP contribution in [0.3, 0.4) is 0 Å². The normalized spacial score (nSPS) is 10.5. The lowest BCUT2D eigenvalue weighted by molar-refractivity contribution is -0.116. The van der Waals surface area contributed by atoms with Crippen LogP contribution in [0.15, 0.2) is 34.2 Å². The predicted octanol–water partition coefficient (Wildman–Crippen LogP) is 2.57. The van der Waals surface area contributed by atoms with Gasteiger partial charge in [-0.1, -0.05) is 23.9 Å². The van der Waals surface area contributed by atoms with Crippen molar-refractivity contribution in [1.29, 1.82) is 0 Å². The van der Waals surface area contributed by atoms with E-state index in [2.05, 4.69) is 15.3 Å². The number of nitrogens with zero attached hydrogens (tertiary/aromatic N) is 1. The molecule has 0 radical (unpaired) electrons. The molecule has 0 unspecified atom stereocenters. The molecular formula is C17H19N3O3S. The summed E-state index contributed by atoms with van der Waals surface area (Å²) in [6.45, 7) is 3.24. The van der Waals surface area contributed by atoms with Gasteiger partial charge in [-0.15, -0.1) is 0 Å². The van der Waals surface area contributed by atoms with Crippen molar-refractivity contribution in [2.45, 2.75) is 31.8 Å². The maximum atomic E-state index is 12.1. The second-order valence-corrected chi connectivity index (χ2v) is 6.12. The van der Waals surface area contributed by atoms with E-state index in [0.717, 1.165) is 0 Å². The van der Waals surface area contributed by atoms with E-state index in [4.69, 9.17) is 0 Å². The number of carbonyl (C=O) groups is 2. The number of amides is 1. The van der Waals surface area contributed by atoms with Crippen LogP contribution in [0.1, 0.15) is 35.0 Å². The molecule has 0 bridgehead atoms. The lowest BCUT2D eigenvalue weighted by Gasteiger charge is -2.08. The van der Waals surface area contributed by atoms with Gasteiger partial charge in [-0.3, -0.25) is 14.4 Å². The molecule has 0 aliphatic carbocycles. The van der Waals surface area contributed by atoms with Gasteiger partial charge in [0.05, 0.1) is 0 Å². The van der Waals surface area contributed by atoms with Crippen molar-refractivity contribution in [3.8, 4) is 0 Å². The van der Waals surface area contributed by atoms with Crippen molar-refractivity contribution in [2.24, 2.45) is 0 Å². The molecule has 1 aromatic carbocycles. The summed E-state index contributed by atoms with van der Waals surface area (Å²) in [6.07, 6.45) is 2.30. The maximum Gasteiger partial charge on any atom is 0.254 e. The van der Waals surface area contributed by atoms with Crippen molar-refractivity contribution < 1.29 is 9.59 Å². The Morgan fingerprint density at radius 1 is 1.33 bits per heavy atom. The number of benzene rings is 1. The number of hydrogen-bond acceptors (Lipinski definition) is 5. The molecule has 6 nitrogen and oxygen atoms in total. The molecule has 126 valence electrons. The van der Waals surface area contributed by atoms with Gasteiger partial charge in [0.25, 0.3) is 5.56 Å². The van der Waals surface area contributed by atoms with Gasteiger partial charge >= 0.3 is 0 Å². The van der Waals surface area contributed by atoms with Gasteiger partial charge in [0.15, 0.2) is 10.9 Å². The number of aryl methyl sites for hydroxylation is 1. The number of hydrogen-bond donors (Lipinski definition) is 2. The first-order valence-corrected chi connectivity index (χ1v) is 8.68. The average molecular weight is 345 g/mol. The van der Waals surface area contributed by atoms with Crippen molar-refractivity contribution in [1.82, 2.24) is 9.97 Å². The summed E-state index contributed by atoms with van der Waals surface area (Å²) in [5.41, 5.74) is 2.04. The van der Waals surface area contributed by atoms with E-state index in [0.29, 0.717) is 34.1 Å². The first-order chi connectivity index (χ1) is 11.4. The van der Waals surface area contributed by atoms with Gasteiger partial charge in [0, 0.05) is 28.9 Å². The summed E-state index contributed by atoms with van der Waals surface area (Å²) < 4.78 is 0. The summed E-state index contributed by atoms with van der Waals surface area (Å²) in [7, 11) is 0. The van der Waals surface area contributed by atoms with E-state index in [9.17, 15) is 14.4 Å². The number of aromatic amines is 1. The molecule has 0 atom stereocenters. The third kappa shape index (κ3) is 4.55. The number of ketones is 1. The Bertz CT molecular complexity index is 830. The number of nitrogens with one attached hydrogen (secondary N) is 2. The minimum Gasteiger partial charge on any atom is -0.326 e. The Morgan fingerprint density at radius 3 is 2.71 bits per heavy atom. The van der Waals surface area contributed by atoms with Crippen molar-refractivity contribution in [3.63, 3.8) is 0 Å². The summed E-state index contributed by atoms with van der Waals surface area (Å²) >= 11 is 1.36. The molecular weight excluding hydrogens is 326 g/mol. The minimum atomic E-state index is -0.219. The predicted molar refractivity (Wildman–Crippen MR) is 94.8 cm³/mol. The number of aromatic nitrogens is 2.